The van der Waals surface area contributed by atoms with Crippen LogP contribution in [-0.4, -0.2) is 44.8 Å². The number of hydrogen-bond donors (Lipinski definition) is 4. The number of hydrogen-bond acceptors (Lipinski definition) is 4. The maximum absolute atomic E-state index is 10.7. The highest BCUT2D eigenvalue weighted by molar-refractivity contribution is 5.09. The Balaban J connectivity index is 2.32. The third kappa shape index (κ3) is 2.33. The maximum Gasteiger partial charge on any atom is 0.0679 e. The predicted molar refractivity (Wildman–Crippen MR) is 72.4 cm³/mol. The van der Waals surface area contributed by atoms with Crippen LogP contribution in [-0.2, 0) is 0 Å². The van der Waals surface area contributed by atoms with Crippen LogP contribution in [0, 0.1) is 23.2 Å². The fourth-order valence-corrected chi connectivity index (χ4v) is 4.56. The van der Waals surface area contributed by atoms with E-state index in [4.69, 9.17) is 0 Å². The minimum atomic E-state index is -0.943. The van der Waals surface area contributed by atoms with Crippen molar-refractivity contribution in [1.82, 2.24) is 0 Å². The summed E-state index contributed by atoms with van der Waals surface area (Å²) in [6.07, 6.45) is 1.58. The van der Waals surface area contributed by atoms with Crippen LogP contribution in [0.2, 0.25) is 0 Å². The van der Waals surface area contributed by atoms with E-state index in [-0.39, 0.29) is 24.4 Å². The van der Waals surface area contributed by atoms with E-state index in [0.29, 0.717) is 12.8 Å². The molecule has 0 saturated heterocycles. The lowest BCUT2D eigenvalue weighted by atomic mass is 9.50. The molecular formula is C15H28O4. The zero-order valence-corrected chi connectivity index (χ0v) is 12.2. The van der Waals surface area contributed by atoms with Crippen molar-refractivity contribution in [3.63, 3.8) is 0 Å². The molecule has 2 aliphatic rings. The average molecular weight is 272 g/mol. The van der Waals surface area contributed by atoms with Crippen LogP contribution in [0.15, 0.2) is 0 Å². The molecule has 112 valence electrons. The Hall–Kier alpha value is -0.160. The van der Waals surface area contributed by atoms with Gasteiger partial charge in [0.1, 0.15) is 0 Å². The first-order valence-electron chi connectivity index (χ1n) is 7.43. The standard InChI is InChI=1S/C15H28O4/c1-9(8-16)10-4-6-14(2)11(17)5-7-15(3,19)13(14)12(10)18/h9-13,16-19H,4-8H2,1-3H3/t9-,10-,11-,12+,13+,14-,15-/m0/s1. The normalized spacial score (nSPS) is 52.6. The molecule has 0 aromatic carbocycles. The van der Waals surface area contributed by atoms with E-state index in [1.807, 2.05) is 13.8 Å². The minimum absolute atomic E-state index is 0.000139. The topological polar surface area (TPSA) is 80.9 Å². The Morgan fingerprint density at radius 2 is 1.79 bits per heavy atom. The molecule has 0 bridgehead atoms. The van der Waals surface area contributed by atoms with Gasteiger partial charge in [-0.1, -0.05) is 13.8 Å². The number of rotatable bonds is 2. The molecule has 19 heavy (non-hydrogen) atoms. The lowest BCUT2D eigenvalue weighted by Gasteiger charge is -2.58. The molecule has 2 rings (SSSR count). The van der Waals surface area contributed by atoms with Crippen LogP contribution in [0.25, 0.3) is 0 Å². The van der Waals surface area contributed by atoms with Gasteiger partial charge in [0.05, 0.1) is 17.8 Å². The molecule has 0 aromatic rings. The van der Waals surface area contributed by atoms with Gasteiger partial charge >= 0.3 is 0 Å². The lowest BCUT2D eigenvalue weighted by Crippen LogP contribution is -2.63. The summed E-state index contributed by atoms with van der Waals surface area (Å²) < 4.78 is 0. The molecule has 0 heterocycles. The molecule has 4 nitrogen and oxygen atoms in total. The fraction of sp³-hybridized carbons (Fsp3) is 1.00. The molecule has 0 aliphatic heterocycles. The summed E-state index contributed by atoms with van der Waals surface area (Å²) in [6, 6.07) is 0. The van der Waals surface area contributed by atoms with Crippen LogP contribution in [0.1, 0.15) is 46.5 Å². The van der Waals surface area contributed by atoms with Gasteiger partial charge in [-0.25, -0.2) is 0 Å². The summed E-state index contributed by atoms with van der Waals surface area (Å²) in [7, 11) is 0. The number of aliphatic hydroxyl groups is 4. The van der Waals surface area contributed by atoms with Crippen molar-refractivity contribution >= 4 is 0 Å². The van der Waals surface area contributed by atoms with Crippen molar-refractivity contribution < 1.29 is 20.4 Å². The fourth-order valence-electron chi connectivity index (χ4n) is 4.56. The Morgan fingerprint density at radius 3 is 2.37 bits per heavy atom. The van der Waals surface area contributed by atoms with Crippen LogP contribution in [0.4, 0.5) is 0 Å². The molecule has 0 radical (unpaired) electrons. The Morgan fingerprint density at radius 1 is 1.16 bits per heavy atom. The quantitative estimate of drug-likeness (QED) is 0.602. The van der Waals surface area contributed by atoms with Crippen molar-refractivity contribution in [2.45, 2.75) is 64.3 Å². The SMILES string of the molecule is C[C@@H](CO)[C@@H]1CC[C@]2(C)[C@@H]([C@@H]1O)[C@@](C)(O)CC[C@@H]2O. The number of fused-ring (bicyclic) bond motifs is 1. The summed E-state index contributed by atoms with van der Waals surface area (Å²) in [5.74, 6) is -0.300. The predicted octanol–water partition coefficient (Wildman–Crippen LogP) is 0.914. The van der Waals surface area contributed by atoms with Gasteiger partial charge in [0.25, 0.3) is 0 Å². The summed E-state index contributed by atoms with van der Waals surface area (Å²) in [5, 5.41) is 41.0. The summed E-state index contributed by atoms with van der Waals surface area (Å²) in [4.78, 5) is 0. The minimum Gasteiger partial charge on any atom is -0.396 e. The second-order valence-corrected chi connectivity index (χ2v) is 7.25. The Labute approximate surface area is 115 Å². The first-order chi connectivity index (χ1) is 8.74. The lowest BCUT2D eigenvalue weighted by molar-refractivity contribution is -0.221. The smallest absolute Gasteiger partial charge is 0.0679 e. The van der Waals surface area contributed by atoms with E-state index in [0.717, 1.165) is 12.8 Å². The number of aliphatic hydroxyl groups excluding tert-OH is 3. The van der Waals surface area contributed by atoms with Gasteiger partial charge in [0.2, 0.25) is 0 Å². The molecule has 2 saturated carbocycles. The molecular weight excluding hydrogens is 244 g/mol. The molecule has 0 spiro atoms. The maximum atomic E-state index is 10.7. The highest BCUT2D eigenvalue weighted by Gasteiger charge is 2.59. The van der Waals surface area contributed by atoms with Gasteiger partial charge in [0, 0.05) is 17.9 Å². The van der Waals surface area contributed by atoms with E-state index < -0.39 is 23.2 Å². The van der Waals surface area contributed by atoms with Crippen LogP contribution in [0.5, 0.6) is 0 Å². The van der Waals surface area contributed by atoms with Gasteiger partial charge in [-0.15, -0.1) is 0 Å². The van der Waals surface area contributed by atoms with Crippen molar-refractivity contribution in [1.29, 1.82) is 0 Å². The largest absolute Gasteiger partial charge is 0.396 e. The zero-order valence-electron chi connectivity index (χ0n) is 12.2. The molecule has 2 fully saturated rings. The van der Waals surface area contributed by atoms with Crippen LogP contribution in [0.3, 0.4) is 0 Å². The van der Waals surface area contributed by atoms with Crippen molar-refractivity contribution in [3.05, 3.63) is 0 Å². The molecule has 4 N–H and O–H groups in total. The monoisotopic (exact) mass is 272 g/mol. The van der Waals surface area contributed by atoms with Gasteiger partial charge in [0.15, 0.2) is 0 Å². The molecule has 0 aromatic heterocycles. The third-order valence-corrected chi connectivity index (χ3v) is 5.88. The highest BCUT2D eigenvalue weighted by Crippen LogP contribution is 2.56. The first kappa shape index (κ1) is 15.2. The second kappa shape index (κ2) is 4.99. The summed E-state index contributed by atoms with van der Waals surface area (Å²) in [5.41, 5.74) is -1.37. The highest BCUT2D eigenvalue weighted by atomic mass is 16.3. The van der Waals surface area contributed by atoms with Crippen molar-refractivity contribution in [2.75, 3.05) is 6.61 Å². The molecule has 0 amide bonds. The van der Waals surface area contributed by atoms with E-state index in [1.165, 1.54) is 0 Å². The summed E-state index contributed by atoms with van der Waals surface area (Å²) >= 11 is 0. The van der Waals surface area contributed by atoms with E-state index in [2.05, 4.69) is 0 Å². The van der Waals surface area contributed by atoms with Gasteiger partial charge in [-0.3, -0.25) is 0 Å². The Bertz CT molecular complexity index is 330. The van der Waals surface area contributed by atoms with Crippen molar-refractivity contribution in [3.8, 4) is 0 Å². The molecule has 0 unspecified atom stereocenters. The van der Waals surface area contributed by atoms with E-state index >= 15 is 0 Å². The third-order valence-electron chi connectivity index (χ3n) is 5.88. The molecule has 2 aliphatic carbocycles. The van der Waals surface area contributed by atoms with Gasteiger partial charge in [-0.2, -0.15) is 0 Å². The Kier molecular flexibility index (Phi) is 4.00. The van der Waals surface area contributed by atoms with E-state index in [1.54, 1.807) is 6.92 Å². The second-order valence-electron chi connectivity index (χ2n) is 7.25. The van der Waals surface area contributed by atoms with Gasteiger partial charge < -0.3 is 20.4 Å². The van der Waals surface area contributed by atoms with Gasteiger partial charge in [-0.05, 0) is 44.4 Å². The average Bonchev–Trinajstić information content (AvgIpc) is 2.33. The summed E-state index contributed by atoms with van der Waals surface area (Å²) in [6.45, 7) is 5.75. The zero-order chi connectivity index (χ0) is 14.4. The van der Waals surface area contributed by atoms with E-state index in [9.17, 15) is 20.4 Å². The first-order valence-corrected chi connectivity index (χ1v) is 7.43. The molecule has 7 atom stereocenters. The molecule has 4 heteroatoms. The van der Waals surface area contributed by atoms with Crippen molar-refractivity contribution in [2.24, 2.45) is 23.2 Å². The van der Waals surface area contributed by atoms with Crippen LogP contribution < -0.4 is 0 Å². The van der Waals surface area contributed by atoms with Crippen LogP contribution >= 0.6 is 0 Å².